The zero-order chi connectivity index (χ0) is 19.6. The predicted molar refractivity (Wildman–Crippen MR) is 95.5 cm³/mol. The number of rotatable bonds is 8. The Morgan fingerprint density at radius 3 is 2.48 bits per heavy atom. The molecule has 0 spiro atoms. The van der Waals surface area contributed by atoms with Crippen LogP contribution in [0.3, 0.4) is 0 Å². The Morgan fingerprint density at radius 1 is 1.04 bits per heavy atom. The van der Waals surface area contributed by atoms with Crippen molar-refractivity contribution in [1.82, 2.24) is 5.32 Å². The van der Waals surface area contributed by atoms with Gasteiger partial charge in [-0.25, -0.2) is 9.18 Å². The van der Waals surface area contributed by atoms with E-state index < -0.39 is 30.2 Å². The number of nitrogens with one attached hydrogen (secondary N) is 2. The number of amides is 2. The van der Waals surface area contributed by atoms with Gasteiger partial charge >= 0.3 is 5.97 Å². The highest BCUT2D eigenvalue weighted by atomic mass is 19.1. The Kier molecular flexibility index (Phi) is 7.45. The van der Waals surface area contributed by atoms with Gasteiger partial charge in [0.15, 0.2) is 6.61 Å². The zero-order valence-corrected chi connectivity index (χ0v) is 14.7. The summed E-state index contributed by atoms with van der Waals surface area (Å²) < 4.78 is 22.7. The maximum Gasteiger partial charge on any atom is 0.338 e. The maximum atomic E-state index is 12.8. The summed E-state index contributed by atoms with van der Waals surface area (Å²) in [6, 6.07) is 11.9. The number of carbonyl (C=O) groups excluding carboxylic acids is 3. The second-order valence-corrected chi connectivity index (χ2v) is 5.54. The number of carbonyl (C=O) groups is 3. The fourth-order valence-electron chi connectivity index (χ4n) is 2.14. The Bertz CT molecular complexity index is 808. The lowest BCUT2D eigenvalue weighted by molar-refractivity contribution is -0.126. The average Bonchev–Trinajstić information content (AvgIpc) is 2.67. The Balaban J connectivity index is 1.73. The molecule has 2 amide bonds. The number of halogens is 1. The van der Waals surface area contributed by atoms with Gasteiger partial charge in [-0.3, -0.25) is 9.59 Å². The Labute approximate surface area is 155 Å². The molecule has 2 N–H and O–H groups in total. The quantitative estimate of drug-likeness (QED) is 0.688. The van der Waals surface area contributed by atoms with Crippen LogP contribution in [0.15, 0.2) is 48.5 Å². The lowest BCUT2D eigenvalue weighted by Gasteiger charge is -2.08. The monoisotopic (exact) mass is 374 g/mol. The normalized spacial score (nSPS) is 10.1. The standard InChI is InChI=1S/C19H19FN2O5/c1-26-11-13-3-2-4-14(9-13)19(25)27-12-18(24)21-10-17(23)22-16-7-5-15(20)6-8-16/h2-9H,10-12H2,1H3,(H,21,24)(H,22,23). The van der Waals surface area contributed by atoms with Crippen LogP contribution in [0.4, 0.5) is 10.1 Å². The Morgan fingerprint density at radius 2 is 1.78 bits per heavy atom. The molecule has 8 heteroatoms. The molecule has 0 bridgehead atoms. The molecule has 0 heterocycles. The van der Waals surface area contributed by atoms with Crippen LogP contribution in [0, 0.1) is 5.82 Å². The van der Waals surface area contributed by atoms with Gasteiger partial charge in [0, 0.05) is 12.8 Å². The van der Waals surface area contributed by atoms with Crippen LogP contribution in [0.5, 0.6) is 0 Å². The first-order chi connectivity index (χ1) is 13.0. The molecule has 0 aliphatic carbocycles. The van der Waals surface area contributed by atoms with E-state index in [9.17, 15) is 18.8 Å². The average molecular weight is 374 g/mol. The van der Waals surface area contributed by atoms with Gasteiger partial charge in [-0.2, -0.15) is 0 Å². The van der Waals surface area contributed by atoms with E-state index in [-0.39, 0.29) is 6.54 Å². The minimum atomic E-state index is -0.654. The fraction of sp³-hybridized carbons (Fsp3) is 0.211. The summed E-state index contributed by atoms with van der Waals surface area (Å²) in [6.45, 7) is -0.473. The van der Waals surface area contributed by atoms with Crippen LogP contribution >= 0.6 is 0 Å². The largest absolute Gasteiger partial charge is 0.452 e. The van der Waals surface area contributed by atoms with Crippen molar-refractivity contribution < 1.29 is 28.2 Å². The molecule has 27 heavy (non-hydrogen) atoms. The van der Waals surface area contributed by atoms with Gasteiger partial charge in [0.1, 0.15) is 5.82 Å². The summed E-state index contributed by atoms with van der Waals surface area (Å²) in [5.74, 6) is -2.19. The number of hydrogen-bond acceptors (Lipinski definition) is 5. The lowest BCUT2D eigenvalue weighted by Crippen LogP contribution is -2.35. The first-order valence-corrected chi connectivity index (χ1v) is 8.05. The topological polar surface area (TPSA) is 93.7 Å². The van der Waals surface area contributed by atoms with Gasteiger partial charge in [-0.05, 0) is 42.0 Å². The molecule has 2 aromatic rings. The molecule has 0 aromatic heterocycles. The predicted octanol–water partition coefficient (Wildman–Crippen LogP) is 1.88. The molecule has 0 unspecified atom stereocenters. The first-order valence-electron chi connectivity index (χ1n) is 8.05. The number of methoxy groups -OCH3 is 1. The van der Waals surface area contributed by atoms with Gasteiger partial charge in [-0.1, -0.05) is 12.1 Å². The molecule has 0 atom stereocenters. The molecule has 0 saturated heterocycles. The third kappa shape index (κ3) is 6.87. The van der Waals surface area contributed by atoms with Gasteiger partial charge < -0.3 is 20.1 Å². The lowest BCUT2D eigenvalue weighted by atomic mass is 10.1. The number of anilines is 1. The van der Waals surface area contributed by atoms with E-state index in [1.54, 1.807) is 31.4 Å². The smallest absolute Gasteiger partial charge is 0.338 e. The zero-order valence-electron chi connectivity index (χ0n) is 14.7. The summed E-state index contributed by atoms with van der Waals surface area (Å²) in [7, 11) is 1.54. The minimum absolute atomic E-state index is 0.298. The van der Waals surface area contributed by atoms with Crippen LogP contribution < -0.4 is 10.6 Å². The molecular formula is C19H19FN2O5. The summed E-state index contributed by atoms with van der Waals surface area (Å²) in [5, 5.41) is 4.82. The van der Waals surface area contributed by atoms with E-state index in [1.807, 2.05) is 0 Å². The third-order valence-electron chi connectivity index (χ3n) is 3.38. The van der Waals surface area contributed by atoms with E-state index in [0.717, 1.165) is 5.56 Å². The summed E-state index contributed by atoms with van der Waals surface area (Å²) in [5.41, 5.74) is 1.50. The molecule has 2 rings (SSSR count). The number of hydrogen-bond donors (Lipinski definition) is 2. The van der Waals surface area contributed by atoms with Crippen LogP contribution in [-0.4, -0.2) is 38.0 Å². The molecule has 7 nitrogen and oxygen atoms in total. The molecule has 0 fully saturated rings. The molecule has 0 saturated carbocycles. The highest BCUT2D eigenvalue weighted by Crippen LogP contribution is 2.08. The van der Waals surface area contributed by atoms with E-state index in [2.05, 4.69) is 10.6 Å². The van der Waals surface area contributed by atoms with Gasteiger partial charge in [0.25, 0.3) is 5.91 Å². The van der Waals surface area contributed by atoms with Crippen molar-refractivity contribution >= 4 is 23.5 Å². The van der Waals surface area contributed by atoms with Crippen LogP contribution in [0.2, 0.25) is 0 Å². The van der Waals surface area contributed by atoms with Crippen molar-refractivity contribution in [1.29, 1.82) is 0 Å². The minimum Gasteiger partial charge on any atom is -0.452 e. The second kappa shape index (κ2) is 10.0. The highest BCUT2D eigenvalue weighted by Gasteiger charge is 2.12. The molecule has 142 valence electrons. The molecule has 2 aromatic carbocycles. The first kappa shape index (κ1) is 20.1. The Hall–Kier alpha value is -3.26. The molecule has 0 aliphatic heterocycles. The van der Waals surface area contributed by atoms with Crippen molar-refractivity contribution in [3.05, 3.63) is 65.5 Å². The van der Waals surface area contributed by atoms with Crippen molar-refractivity contribution in [3.63, 3.8) is 0 Å². The molecule has 0 aliphatic rings. The van der Waals surface area contributed by atoms with Gasteiger partial charge in [0.05, 0.1) is 18.7 Å². The summed E-state index contributed by atoms with van der Waals surface area (Å²) >= 11 is 0. The molecular weight excluding hydrogens is 355 g/mol. The SMILES string of the molecule is COCc1cccc(C(=O)OCC(=O)NCC(=O)Nc2ccc(F)cc2)c1. The van der Waals surface area contributed by atoms with E-state index in [4.69, 9.17) is 9.47 Å². The van der Waals surface area contributed by atoms with Gasteiger partial charge in [-0.15, -0.1) is 0 Å². The van der Waals surface area contributed by atoms with Crippen molar-refractivity contribution in [2.45, 2.75) is 6.61 Å². The van der Waals surface area contributed by atoms with Crippen LogP contribution in [0.1, 0.15) is 15.9 Å². The number of esters is 1. The number of ether oxygens (including phenoxy) is 2. The molecule has 0 radical (unpaired) electrons. The maximum absolute atomic E-state index is 12.8. The van der Waals surface area contributed by atoms with Crippen molar-refractivity contribution in [2.24, 2.45) is 0 Å². The van der Waals surface area contributed by atoms with Crippen molar-refractivity contribution in [3.8, 4) is 0 Å². The summed E-state index contributed by atoms with van der Waals surface area (Å²) in [6.07, 6.45) is 0. The van der Waals surface area contributed by atoms with Crippen LogP contribution in [0.25, 0.3) is 0 Å². The van der Waals surface area contributed by atoms with E-state index >= 15 is 0 Å². The number of benzene rings is 2. The van der Waals surface area contributed by atoms with Gasteiger partial charge in [0.2, 0.25) is 5.91 Å². The third-order valence-corrected chi connectivity index (χ3v) is 3.38. The second-order valence-electron chi connectivity index (χ2n) is 5.54. The van der Waals surface area contributed by atoms with E-state index in [1.165, 1.54) is 24.3 Å². The van der Waals surface area contributed by atoms with E-state index in [0.29, 0.717) is 17.9 Å². The highest BCUT2D eigenvalue weighted by molar-refractivity contribution is 5.95. The van der Waals surface area contributed by atoms with Crippen LogP contribution in [-0.2, 0) is 25.7 Å². The van der Waals surface area contributed by atoms with Crippen molar-refractivity contribution in [2.75, 3.05) is 25.6 Å². The fourth-order valence-corrected chi connectivity index (χ4v) is 2.14. The summed E-state index contributed by atoms with van der Waals surface area (Å²) in [4.78, 5) is 35.4.